The van der Waals surface area contributed by atoms with Crippen LogP contribution in [0.3, 0.4) is 0 Å². The van der Waals surface area contributed by atoms with Crippen LogP contribution in [0.15, 0.2) is 38.8 Å². The molecule has 2 heterocycles. The number of aromatic nitrogens is 1. The maximum Gasteiger partial charge on any atom is 0.288 e. The van der Waals surface area contributed by atoms with Crippen LogP contribution in [0.5, 0.6) is 0 Å². The zero-order valence-electron chi connectivity index (χ0n) is 15.4. The highest BCUT2D eigenvalue weighted by molar-refractivity contribution is 7.89. The van der Waals surface area contributed by atoms with Crippen LogP contribution >= 0.6 is 0 Å². The summed E-state index contributed by atoms with van der Waals surface area (Å²) in [6, 6.07) is 5.03. The van der Waals surface area contributed by atoms with Gasteiger partial charge < -0.3 is 9.42 Å². The number of hydrogen-bond acceptors (Lipinski definition) is 8. The lowest BCUT2D eigenvalue weighted by molar-refractivity contribution is -0.486. The summed E-state index contributed by atoms with van der Waals surface area (Å²) in [6.07, 6.45) is 0. The van der Waals surface area contributed by atoms with E-state index in [9.17, 15) is 28.6 Å². The fourth-order valence-corrected chi connectivity index (χ4v) is 4.58. The Morgan fingerprint density at radius 2 is 1.93 bits per heavy atom. The number of hydrogen-bond donors (Lipinski definition) is 0. The van der Waals surface area contributed by atoms with Gasteiger partial charge in [0.05, 0.1) is 28.6 Å². The van der Waals surface area contributed by atoms with Gasteiger partial charge in [-0.2, -0.15) is 0 Å². The molecule has 0 spiro atoms. The minimum atomic E-state index is -4.33. The molecule has 0 saturated carbocycles. The molecule has 29 heavy (non-hydrogen) atoms. The number of nitrogens with zero attached hydrogens (tertiary/aromatic N) is 6. The Bertz CT molecular complexity index is 1110. The third-order valence-electron chi connectivity index (χ3n) is 4.22. The van der Waals surface area contributed by atoms with E-state index in [1.54, 1.807) is 13.0 Å². The van der Waals surface area contributed by atoms with Crippen LogP contribution in [0, 0.1) is 34.1 Å². The van der Waals surface area contributed by atoms with E-state index in [1.807, 2.05) is 0 Å². The van der Waals surface area contributed by atoms with E-state index >= 15 is 0 Å². The lowest BCUT2D eigenvalue weighted by Gasteiger charge is -2.20. The highest BCUT2D eigenvalue weighted by Crippen LogP contribution is 2.28. The van der Waals surface area contributed by atoms with Gasteiger partial charge in [-0.25, -0.2) is 22.8 Å². The van der Waals surface area contributed by atoms with Gasteiger partial charge in [-0.05, 0) is 19.4 Å². The largest absolute Gasteiger partial charge is 0.359 e. The molecule has 1 saturated heterocycles. The number of non-ortho nitro benzene ring substituents is 1. The fourth-order valence-electron chi connectivity index (χ4n) is 2.91. The zero-order chi connectivity index (χ0) is 21.3. The zero-order valence-corrected chi connectivity index (χ0v) is 16.2. The molecule has 1 aliphatic rings. The number of rotatable bonds is 6. The van der Waals surface area contributed by atoms with Gasteiger partial charge in [-0.15, -0.1) is 0 Å². The summed E-state index contributed by atoms with van der Waals surface area (Å²) >= 11 is 0. The third-order valence-corrected chi connectivity index (χ3v) is 6.15. The second-order valence-corrected chi connectivity index (χ2v) is 8.11. The van der Waals surface area contributed by atoms with Gasteiger partial charge in [0.15, 0.2) is 10.8 Å². The molecule has 1 aromatic heterocycles. The van der Waals surface area contributed by atoms with E-state index < -0.39 is 31.6 Å². The molecule has 2 aromatic rings. The topological polar surface area (TPSA) is 165 Å². The third kappa shape index (κ3) is 4.01. The molecule has 13 nitrogen and oxygen atoms in total. The first-order chi connectivity index (χ1) is 13.6. The summed E-state index contributed by atoms with van der Waals surface area (Å²) in [5.74, 6) is -0.0284. The van der Waals surface area contributed by atoms with Crippen LogP contribution in [0.4, 0.5) is 5.69 Å². The van der Waals surface area contributed by atoms with Crippen LogP contribution in [0.1, 0.15) is 17.0 Å². The number of hydrazone groups is 1. The highest BCUT2D eigenvalue weighted by Gasteiger charge is 2.40. The molecule has 1 fully saturated rings. The SMILES string of the molecule is Cc1cc(CN2CCN(S(=O)(=O)c3cc([N+](=O)[O-])ccc3C)C2=N[N+](=O)[O-])on1. The van der Waals surface area contributed by atoms with E-state index in [4.69, 9.17) is 4.52 Å². The quantitative estimate of drug-likeness (QED) is 0.490. The van der Waals surface area contributed by atoms with Crippen molar-refractivity contribution in [2.45, 2.75) is 25.3 Å². The smallest absolute Gasteiger partial charge is 0.288 e. The Kier molecular flexibility index (Phi) is 5.19. The number of nitro groups is 2. The summed E-state index contributed by atoms with van der Waals surface area (Å²) in [5.41, 5.74) is 0.458. The second-order valence-electron chi connectivity index (χ2n) is 6.28. The number of benzene rings is 1. The van der Waals surface area contributed by atoms with Gasteiger partial charge in [-0.1, -0.05) is 11.2 Å². The molecule has 0 amide bonds. The van der Waals surface area contributed by atoms with Crippen LogP contribution in [0.25, 0.3) is 0 Å². The van der Waals surface area contributed by atoms with Gasteiger partial charge in [-0.3, -0.25) is 10.1 Å². The molecule has 0 radical (unpaired) electrons. The highest BCUT2D eigenvalue weighted by atomic mass is 32.2. The van der Waals surface area contributed by atoms with Gasteiger partial charge in [0, 0.05) is 24.7 Å². The molecule has 154 valence electrons. The van der Waals surface area contributed by atoms with Crippen molar-refractivity contribution in [2.24, 2.45) is 5.10 Å². The van der Waals surface area contributed by atoms with Crippen LogP contribution < -0.4 is 0 Å². The van der Waals surface area contributed by atoms with Crippen molar-refractivity contribution in [1.29, 1.82) is 0 Å². The first-order valence-corrected chi connectivity index (χ1v) is 9.71. The molecule has 0 bridgehead atoms. The lowest BCUT2D eigenvalue weighted by Crippen LogP contribution is -2.38. The summed E-state index contributed by atoms with van der Waals surface area (Å²) < 4.78 is 32.2. The monoisotopic (exact) mass is 424 g/mol. The number of aryl methyl sites for hydroxylation is 2. The van der Waals surface area contributed by atoms with Crippen molar-refractivity contribution in [3.63, 3.8) is 0 Å². The Morgan fingerprint density at radius 1 is 1.21 bits per heavy atom. The van der Waals surface area contributed by atoms with Gasteiger partial charge >= 0.3 is 0 Å². The molecule has 14 heteroatoms. The minimum Gasteiger partial charge on any atom is -0.359 e. The van der Waals surface area contributed by atoms with Crippen molar-refractivity contribution >= 4 is 21.7 Å². The molecule has 1 aromatic carbocycles. The van der Waals surface area contributed by atoms with Crippen molar-refractivity contribution in [3.05, 3.63) is 61.5 Å². The predicted molar refractivity (Wildman–Crippen MR) is 97.8 cm³/mol. The normalized spacial score (nSPS) is 15.9. The maximum absolute atomic E-state index is 13.2. The van der Waals surface area contributed by atoms with Crippen LogP contribution in [0.2, 0.25) is 0 Å². The number of sulfonamides is 1. The molecule has 0 N–H and O–H groups in total. The molecule has 0 unspecified atom stereocenters. The van der Waals surface area contributed by atoms with E-state index in [0.29, 0.717) is 11.5 Å². The molecular formula is C15H16N6O7S. The van der Waals surface area contributed by atoms with E-state index in [-0.39, 0.29) is 30.1 Å². The van der Waals surface area contributed by atoms with Crippen molar-refractivity contribution in [3.8, 4) is 0 Å². The standard InChI is InChI=1S/C15H16N6O7S/c1-10-3-4-12(20(22)23)8-14(10)29(26,27)19-6-5-18(15(19)16-21(24)25)9-13-7-11(2)17-28-13/h3-4,7-8H,5-6,9H2,1-2H3. The van der Waals surface area contributed by atoms with Gasteiger partial charge in [0.25, 0.3) is 21.7 Å². The van der Waals surface area contributed by atoms with Gasteiger partial charge in [0.1, 0.15) is 5.10 Å². The maximum atomic E-state index is 13.2. The summed E-state index contributed by atoms with van der Waals surface area (Å²) in [7, 11) is -4.33. The van der Waals surface area contributed by atoms with Crippen molar-refractivity contribution in [1.82, 2.24) is 14.4 Å². The Labute approximate surface area is 164 Å². The molecule has 3 rings (SSSR count). The summed E-state index contributed by atoms with van der Waals surface area (Å²) in [4.78, 5) is 22.4. The van der Waals surface area contributed by atoms with E-state index in [2.05, 4.69) is 10.3 Å². The van der Waals surface area contributed by atoms with Gasteiger partial charge in [0.2, 0.25) is 0 Å². The Hall–Kier alpha value is -3.55. The molecule has 1 aliphatic heterocycles. The predicted octanol–water partition coefficient (Wildman–Crippen LogP) is 1.25. The Balaban J connectivity index is 2.01. The molecular weight excluding hydrogens is 408 g/mol. The van der Waals surface area contributed by atoms with Crippen molar-refractivity contribution < 1.29 is 22.9 Å². The summed E-state index contributed by atoms with van der Waals surface area (Å²) in [5, 5.41) is 28.0. The van der Waals surface area contributed by atoms with E-state index in [1.165, 1.54) is 24.0 Å². The first kappa shape index (κ1) is 20.2. The lowest BCUT2D eigenvalue weighted by atomic mass is 10.2. The average Bonchev–Trinajstić information content (AvgIpc) is 3.21. The fraction of sp³-hybridized carbons (Fsp3) is 0.333. The first-order valence-electron chi connectivity index (χ1n) is 8.27. The summed E-state index contributed by atoms with van der Waals surface area (Å²) in [6.45, 7) is 3.19. The molecule has 0 atom stereocenters. The minimum absolute atomic E-state index is 0.0213. The number of guanidine groups is 1. The van der Waals surface area contributed by atoms with Crippen molar-refractivity contribution in [2.75, 3.05) is 13.1 Å². The second kappa shape index (κ2) is 7.46. The van der Waals surface area contributed by atoms with E-state index in [0.717, 1.165) is 10.4 Å². The van der Waals surface area contributed by atoms with Crippen LogP contribution in [-0.4, -0.2) is 51.8 Å². The number of nitro benzene ring substituents is 1. The average molecular weight is 424 g/mol. The molecule has 0 aliphatic carbocycles. The van der Waals surface area contributed by atoms with Crippen LogP contribution in [-0.2, 0) is 16.6 Å². The Morgan fingerprint density at radius 3 is 2.52 bits per heavy atom.